The number of nitrogens with zero attached hydrogens (tertiary/aromatic N) is 3. The minimum absolute atomic E-state index is 0.0624. The molecule has 114 valence electrons. The van der Waals surface area contributed by atoms with Gasteiger partial charge in [-0.15, -0.1) is 0 Å². The van der Waals surface area contributed by atoms with E-state index in [4.69, 9.17) is 15.7 Å². The Morgan fingerprint density at radius 3 is 2.95 bits per heavy atom. The van der Waals surface area contributed by atoms with Crippen LogP contribution < -0.4 is 10.5 Å². The molecule has 1 heterocycles. The molecule has 0 unspecified atom stereocenters. The summed E-state index contributed by atoms with van der Waals surface area (Å²) in [5.41, 5.74) is 6.33. The Hall–Kier alpha value is -2.40. The van der Waals surface area contributed by atoms with Gasteiger partial charge in [0.05, 0.1) is 12.7 Å². The van der Waals surface area contributed by atoms with Crippen LogP contribution in [0.2, 0.25) is 0 Å². The van der Waals surface area contributed by atoms with E-state index in [1.165, 1.54) is 0 Å². The Labute approximate surface area is 135 Å². The highest BCUT2D eigenvalue weighted by Gasteiger charge is 2.19. The van der Waals surface area contributed by atoms with Crippen LogP contribution in [0.4, 0.5) is 0 Å². The molecule has 0 saturated carbocycles. The van der Waals surface area contributed by atoms with Gasteiger partial charge in [0, 0.05) is 16.5 Å². The molecule has 0 aliphatic carbocycles. The molecule has 2 aromatic rings. The molecule has 1 aromatic heterocycles. The highest BCUT2D eigenvalue weighted by molar-refractivity contribution is 9.10. The topological polar surface area (TPSA) is 118 Å². The van der Waals surface area contributed by atoms with Gasteiger partial charge in [-0.25, -0.2) is 0 Å². The summed E-state index contributed by atoms with van der Waals surface area (Å²) < 4.78 is 6.55. The van der Waals surface area contributed by atoms with E-state index >= 15 is 0 Å². The monoisotopic (exact) mass is 363 g/mol. The maximum Gasteiger partial charge on any atom is 0.271 e. The highest BCUT2D eigenvalue weighted by atomic mass is 79.9. The molecule has 0 atom stereocenters. The van der Waals surface area contributed by atoms with Crippen LogP contribution in [0.3, 0.4) is 0 Å². The number of ether oxygens (including phenoxy) is 1. The quantitative estimate of drug-likeness (QED) is 0.732. The number of halogens is 1. The maximum absolute atomic E-state index is 11.4. The second kappa shape index (κ2) is 7.56. The zero-order chi connectivity index (χ0) is 15.9. The number of carbonyl (C=O) groups is 1. The molecule has 2 rings (SSSR count). The third-order valence-electron chi connectivity index (χ3n) is 2.92. The number of aromatic amines is 1. The lowest BCUT2D eigenvalue weighted by molar-refractivity contribution is 0.0996. The van der Waals surface area contributed by atoms with Gasteiger partial charge in [-0.2, -0.15) is 20.7 Å². The van der Waals surface area contributed by atoms with Crippen molar-refractivity contribution in [1.82, 2.24) is 15.4 Å². The van der Waals surface area contributed by atoms with Crippen LogP contribution in [0.1, 0.15) is 29.8 Å². The average molecular weight is 364 g/mol. The van der Waals surface area contributed by atoms with Crippen LogP contribution in [0.5, 0.6) is 5.75 Å². The first-order valence-corrected chi connectivity index (χ1v) is 7.43. The van der Waals surface area contributed by atoms with Crippen molar-refractivity contribution in [2.24, 2.45) is 5.73 Å². The lowest BCUT2D eigenvalue weighted by Gasteiger charge is -2.10. The number of amides is 1. The molecule has 8 heteroatoms. The molecule has 0 fully saturated rings. The van der Waals surface area contributed by atoms with Crippen molar-refractivity contribution < 1.29 is 9.53 Å². The van der Waals surface area contributed by atoms with Gasteiger partial charge >= 0.3 is 0 Å². The van der Waals surface area contributed by atoms with Gasteiger partial charge in [-0.05, 0) is 31.0 Å². The molecule has 0 radical (unpaired) electrons. The molecule has 1 aromatic carbocycles. The van der Waals surface area contributed by atoms with Crippen molar-refractivity contribution in [3.8, 4) is 23.1 Å². The van der Waals surface area contributed by atoms with Crippen molar-refractivity contribution in [1.29, 1.82) is 5.26 Å². The summed E-state index contributed by atoms with van der Waals surface area (Å²) in [5.74, 6) is -0.0831. The number of nitrogens with one attached hydrogen (secondary N) is 1. The fraction of sp³-hybridized carbons (Fsp3) is 0.286. The molecule has 1 amide bonds. The zero-order valence-electron chi connectivity index (χ0n) is 11.7. The molecular formula is C14H14BrN5O2. The normalized spacial score (nSPS) is 10.2. The van der Waals surface area contributed by atoms with Gasteiger partial charge in [0.2, 0.25) is 0 Å². The van der Waals surface area contributed by atoms with Gasteiger partial charge < -0.3 is 10.5 Å². The minimum atomic E-state index is -0.663. The highest BCUT2D eigenvalue weighted by Crippen LogP contribution is 2.33. The number of nitriles is 1. The van der Waals surface area contributed by atoms with Crippen molar-refractivity contribution in [2.75, 3.05) is 6.61 Å². The number of primary amides is 1. The first kappa shape index (κ1) is 16.0. The lowest BCUT2D eigenvalue weighted by atomic mass is 10.1. The van der Waals surface area contributed by atoms with E-state index in [9.17, 15) is 4.79 Å². The van der Waals surface area contributed by atoms with E-state index in [1.54, 1.807) is 12.1 Å². The second-order valence-electron chi connectivity index (χ2n) is 4.49. The fourth-order valence-electron chi connectivity index (χ4n) is 1.89. The summed E-state index contributed by atoms with van der Waals surface area (Å²) in [7, 11) is 0. The number of hydrogen-bond donors (Lipinski definition) is 2. The summed E-state index contributed by atoms with van der Waals surface area (Å²) >= 11 is 3.38. The summed E-state index contributed by atoms with van der Waals surface area (Å²) in [6.45, 7) is 0.472. The SMILES string of the molecule is N#CCCCCOc1ccc(Br)cc1-c1n[nH]nc1C(N)=O. The third kappa shape index (κ3) is 3.83. The van der Waals surface area contributed by atoms with E-state index < -0.39 is 5.91 Å². The first-order chi connectivity index (χ1) is 10.6. The first-order valence-electron chi connectivity index (χ1n) is 6.63. The Morgan fingerprint density at radius 1 is 1.41 bits per heavy atom. The predicted octanol–water partition coefficient (Wildman–Crippen LogP) is 2.41. The number of rotatable bonds is 7. The fourth-order valence-corrected chi connectivity index (χ4v) is 2.25. The Morgan fingerprint density at radius 2 is 2.23 bits per heavy atom. The van der Waals surface area contributed by atoms with Gasteiger partial charge in [0.1, 0.15) is 11.4 Å². The number of H-pyrrole nitrogens is 1. The third-order valence-corrected chi connectivity index (χ3v) is 3.41. The molecule has 7 nitrogen and oxygen atoms in total. The summed E-state index contributed by atoms with van der Waals surface area (Å²) in [6, 6.07) is 7.49. The van der Waals surface area contributed by atoms with Crippen molar-refractivity contribution >= 4 is 21.8 Å². The average Bonchev–Trinajstić information content (AvgIpc) is 2.98. The van der Waals surface area contributed by atoms with E-state index in [0.29, 0.717) is 30.0 Å². The molecule has 22 heavy (non-hydrogen) atoms. The minimum Gasteiger partial charge on any atom is -0.493 e. The van der Waals surface area contributed by atoms with Crippen molar-refractivity contribution in [3.63, 3.8) is 0 Å². The smallest absolute Gasteiger partial charge is 0.271 e. The van der Waals surface area contributed by atoms with Gasteiger partial charge in [-0.1, -0.05) is 15.9 Å². The molecule has 0 aliphatic heterocycles. The van der Waals surface area contributed by atoms with Gasteiger partial charge in [-0.3, -0.25) is 4.79 Å². The Bertz CT molecular complexity index is 707. The Kier molecular flexibility index (Phi) is 5.49. The van der Waals surface area contributed by atoms with Gasteiger partial charge in [0.15, 0.2) is 5.69 Å². The van der Waals surface area contributed by atoms with Gasteiger partial charge in [0.25, 0.3) is 5.91 Å². The van der Waals surface area contributed by atoms with Crippen molar-refractivity contribution in [3.05, 3.63) is 28.4 Å². The van der Waals surface area contributed by atoms with E-state index in [2.05, 4.69) is 37.4 Å². The van der Waals surface area contributed by atoms with Crippen LogP contribution in [0.25, 0.3) is 11.3 Å². The van der Waals surface area contributed by atoms with E-state index in [1.807, 2.05) is 6.07 Å². The standard InChI is InChI=1S/C14H14BrN5O2/c15-9-4-5-11(22-7-3-1-2-6-16)10(8-9)12-13(14(17)21)19-20-18-12/h4-5,8H,1-3,7H2,(H2,17,21)(H,18,19,20). The molecular weight excluding hydrogens is 350 g/mol. The summed E-state index contributed by atoms with van der Waals surface area (Å²) in [4.78, 5) is 11.4. The number of nitrogens with two attached hydrogens (primary N) is 1. The lowest BCUT2D eigenvalue weighted by Crippen LogP contribution is -2.13. The summed E-state index contributed by atoms with van der Waals surface area (Å²) in [5, 5.41) is 18.7. The number of unbranched alkanes of at least 4 members (excludes halogenated alkanes) is 2. The molecule has 0 aliphatic rings. The van der Waals surface area contributed by atoms with Crippen LogP contribution in [0.15, 0.2) is 22.7 Å². The molecule has 0 bridgehead atoms. The van der Waals surface area contributed by atoms with E-state index in [0.717, 1.165) is 17.3 Å². The Balaban J connectivity index is 2.23. The van der Waals surface area contributed by atoms with Crippen molar-refractivity contribution in [2.45, 2.75) is 19.3 Å². The molecule has 0 spiro atoms. The number of benzene rings is 1. The summed E-state index contributed by atoms with van der Waals surface area (Å²) in [6.07, 6.45) is 2.05. The van der Waals surface area contributed by atoms with Crippen LogP contribution in [-0.4, -0.2) is 27.9 Å². The number of hydrogen-bond acceptors (Lipinski definition) is 5. The largest absolute Gasteiger partial charge is 0.493 e. The second-order valence-corrected chi connectivity index (χ2v) is 5.40. The maximum atomic E-state index is 11.4. The van der Waals surface area contributed by atoms with Crippen LogP contribution in [-0.2, 0) is 0 Å². The van der Waals surface area contributed by atoms with E-state index in [-0.39, 0.29) is 5.69 Å². The van der Waals surface area contributed by atoms with Crippen LogP contribution in [0, 0.1) is 11.3 Å². The van der Waals surface area contributed by atoms with Crippen LogP contribution >= 0.6 is 15.9 Å². The number of aromatic nitrogens is 3. The molecule has 0 saturated heterocycles. The molecule has 3 N–H and O–H groups in total. The predicted molar refractivity (Wildman–Crippen MR) is 83.0 cm³/mol. The zero-order valence-corrected chi connectivity index (χ0v) is 13.3. The number of carbonyl (C=O) groups excluding carboxylic acids is 1.